The number of thioether (sulfide) groups is 1. The Bertz CT molecular complexity index is 1450. The second-order valence-electron chi connectivity index (χ2n) is 8.45. The molecule has 0 radical (unpaired) electrons. The van der Waals surface area contributed by atoms with Crippen molar-refractivity contribution in [1.29, 1.82) is 0 Å². The Morgan fingerprint density at radius 2 is 1.58 bits per heavy atom. The number of methoxy groups -OCH3 is 1. The average molecular weight is 496 g/mol. The topological polar surface area (TPSA) is 55.8 Å². The first-order chi connectivity index (χ1) is 17.6. The molecule has 36 heavy (non-hydrogen) atoms. The Morgan fingerprint density at radius 1 is 0.806 bits per heavy atom. The SMILES string of the molecule is COc1cc(/C=C2\SC(=O)N(CCc3ccccc3)C2=O)ccc1OCc1ccc2ccccc2c1. The van der Waals surface area contributed by atoms with Gasteiger partial charge in [0.15, 0.2) is 11.5 Å². The molecule has 1 aliphatic heterocycles. The minimum atomic E-state index is -0.267. The number of benzene rings is 4. The van der Waals surface area contributed by atoms with Crippen LogP contribution in [0.1, 0.15) is 16.7 Å². The number of amides is 2. The summed E-state index contributed by atoms with van der Waals surface area (Å²) in [5, 5.41) is 2.11. The van der Waals surface area contributed by atoms with Crippen molar-refractivity contribution < 1.29 is 19.1 Å². The summed E-state index contributed by atoms with van der Waals surface area (Å²) < 4.78 is 11.6. The smallest absolute Gasteiger partial charge is 0.293 e. The van der Waals surface area contributed by atoms with Gasteiger partial charge in [-0.2, -0.15) is 0 Å². The van der Waals surface area contributed by atoms with Gasteiger partial charge in [0.1, 0.15) is 6.61 Å². The highest BCUT2D eigenvalue weighted by atomic mass is 32.2. The molecule has 5 rings (SSSR count). The van der Waals surface area contributed by atoms with Crippen LogP contribution in [0.15, 0.2) is 95.9 Å². The minimum Gasteiger partial charge on any atom is -0.493 e. The second-order valence-corrected chi connectivity index (χ2v) is 9.44. The van der Waals surface area contributed by atoms with Gasteiger partial charge in [-0.25, -0.2) is 0 Å². The highest BCUT2D eigenvalue weighted by molar-refractivity contribution is 8.18. The van der Waals surface area contributed by atoms with E-state index in [0.717, 1.165) is 28.5 Å². The van der Waals surface area contributed by atoms with Crippen molar-refractivity contribution in [1.82, 2.24) is 4.90 Å². The first-order valence-corrected chi connectivity index (χ1v) is 12.5. The van der Waals surface area contributed by atoms with Crippen LogP contribution in [0.5, 0.6) is 11.5 Å². The summed E-state index contributed by atoms with van der Waals surface area (Å²) in [6.45, 7) is 0.762. The molecule has 2 amide bonds. The highest BCUT2D eigenvalue weighted by Crippen LogP contribution is 2.35. The van der Waals surface area contributed by atoms with E-state index in [1.54, 1.807) is 13.2 Å². The molecule has 0 atom stereocenters. The Labute approximate surface area is 214 Å². The molecule has 1 heterocycles. The molecule has 0 aromatic heterocycles. The van der Waals surface area contributed by atoms with Crippen molar-refractivity contribution in [3.8, 4) is 11.5 Å². The molecule has 5 nitrogen and oxygen atoms in total. The third-order valence-electron chi connectivity index (χ3n) is 6.03. The van der Waals surface area contributed by atoms with E-state index in [0.29, 0.717) is 36.0 Å². The molecule has 0 spiro atoms. The summed E-state index contributed by atoms with van der Waals surface area (Å²) in [6, 6.07) is 29.8. The zero-order chi connectivity index (χ0) is 24.9. The second kappa shape index (κ2) is 10.7. The molecular formula is C30H25NO4S. The van der Waals surface area contributed by atoms with Gasteiger partial charge in [-0.1, -0.05) is 72.8 Å². The molecule has 6 heteroatoms. The van der Waals surface area contributed by atoms with E-state index in [-0.39, 0.29) is 11.1 Å². The van der Waals surface area contributed by atoms with Gasteiger partial charge in [-0.3, -0.25) is 14.5 Å². The number of fused-ring (bicyclic) bond motifs is 1. The maximum absolute atomic E-state index is 12.9. The van der Waals surface area contributed by atoms with Gasteiger partial charge < -0.3 is 9.47 Å². The lowest BCUT2D eigenvalue weighted by atomic mass is 10.1. The van der Waals surface area contributed by atoms with Crippen molar-refractivity contribution in [2.45, 2.75) is 13.0 Å². The van der Waals surface area contributed by atoms with Gasteiger partial charge in [-0.05, 0) is 69.9 Å². The molecule has 1 saturated heterocycles. The first-order valence-electron chi connectivity index (χ1n) is 11.7. The zero-order valence-corrected chi connectivity index (χ0v) is 20.7. The maximum Gasteiger partial charge on any atom is 0.293 e. The molecule has 180 valence electrons. The molecule has 0 N–H and O–H groups in total. The summed E-state index contributed by atoms with van der Waals surface area (Å²) >= 11 is 0.964. The molecule has 4 aromatic carbocycles. The summed E-state index contributed by atoms with van der Waals surface area (Å²) in [4.78, 5) is 27.1. The van der Waals surface area contributed by atoms with Crippen LogP contribution in [-0.2, 0) is 17.8 Å². The number of rotatable bonds is 8. The van der Waals surface area contributed by atoms with Gasteiger partial charge in [0.05, 0.1) is 12.0 Å². The standard InChI is InChI=1S/C30H25NO4S/c1-34-27-18-22(12-14-26(27)35-20-23-11-13-24-9-5-6-10-25(24)17-23)19-28-29(32)31(30(33)36-28)16-15-21-7-3-2-4-8-21/h2-14,17-19H,15-16,20H2,1H3/b28-19-. The van der Waals surface area contributed by atoms with E-state index in [1.807, 2.05) is 60.7 Å². The van der Waals surface area contributed by atoms with E-state index >= 15 is 0 Å². The Kier molecular flexibility index (Phi) is 7.05. The highest BCUT2D eigenvalue weighted by Gasteiger charge is 2.34. The van der Waals surface area contributed by atoms with Crippen molar-refractivity contribution >= 4 is 39.8 Å². The number of imide groups is 1. The van der Waals surface area contributed by atoms with E-state index in [1.165, 1.54) is 15.7 Å². The lowest BCUT2D eigenvalue weighted by Crippen LogP contribution is -2.30. The normalized spacial score (nSPS) is 14.6. The fourth-order valence-electron chi connectivity index (χ4n) is 4.11. The summed E-state index contributed by atoms with van der Waals surface area (Å²) in [6.07, 6.45) is 2.35. The van der Waals surface area contributed by atoms with Crippen molar-refractivity contribution in [2.75, 3.05) is 13.7 Å². The van der Waals surface area contributed by atoms with Crippen LogP contribution in [-0.4, -0.2) is 29.7 Å². The summed E-state index contributed by atoms with van der Waals surface area (Å²) in [5.41, 5.74) is 2.91. The van der Waals surface area contributed by atoms with Crippen LogP contribution in [0, 0.1) is 0 Å². The number of hydrogen-bond acceptors (Lipinski definition) is 5. The van der Waals surface area contributed by atoms with E-state index in [4.69, 9.17) is 9.47 Å². The molecule has 0 bridgehead atoms. The van der Waals surface area contributed by atoms with Crippen LogP contribution in [0.25, 0.3) is 16.8 Å². The number of nitrogens with zero attached hydrogens (tertiary/aromatic N) is 1. The van der Waals surface area contributed by atoms with Crippen LogP contribution in [0.3, 0.4) is 0 Å². The molecule has 0 aliphatic carbocycles. The maximum atomic E-state index is 12.9. The molecular weight excluding hydrogens is 470 g/mol. The fourth-order valence-corrected chi connectivity index (χ4v) is 4.98. The number of carbonyl (C=O) groups is 2. The lowest BCUT2D eigenvalue weighted by Gasteiger charge is -2.12. The summed E-state index contributed by atoms with van der Waals surface area (Å²) in [5.74, 6) is 0.906. The van der Waals surface area contributed by atoms with Crippen molar-refractivity contribution in [3.05, 3.63) is 113 Å². The number of hydrogen-bond donors (Lipinski definition) is 0. The van der Waals surface area contributed by atoms with Gasteiger partial charge >= 0.3 is 0 Å². The fraction of sp³-hybridized carbons (Fsp3) is 0.133. The first kappa shape index (κ1) is 23.7. The molecule has 0 saturated carbocycles. The van der Waals surface area contributed by atoms with Crippen LogP contribution in [0.4, 0.5) is 4.79 Å². The molecule has 4 aromatic rings. The van der Waals surface area contributed by atoms with E-state index in [2.05, 4.69) is 30.3 Å². The van der Waals surface area contributed by atoms with Crippen molar-refractivity contribution in [2.24, 2.45) is 0 Å². The Balaban J connectivity index is 1.27. The van der Waals surface area contributed by atoms with Gasteiger partial charge in [0.25, 0.3) is 11.1 Å². The predicted molar refractivity (Wildman–Crippen MR) is 144 cm³/mol. The van der Waals surface area contributed by atoms with Gasteiger partial charge in [0, 0.05) is 6.54 Å². The third kappa shape index (κ3) is 5.29. The molecule has 1 aliphatic rings. The summed E-state index contributed by atoms with van der Waals surface area (Å²) in [7, 11) is 1.58. The van der Waals surface area contributed by atoms with E-state index in [9.17, 15) is 9.59 Å². The van der Waals surface area contributed by atoms with E-state index < -0.39 is 0 Å². The molecule has 0 unspecified atom stereocenters. The quantitative estimate of drug-likeness (QED) is 0.254. The predicted octanol–water partition coefficient (Wildman–Crippen LogP) is 6.71. The Morgan fingerprint density at radius 3 is 2.39 bits per heavy atom. The number of ether oxygens (including phenoxy) is 2. The number of carbonyl (C=O) groups excluding carboxylic acids is 2. The van der Waals surface area contributed by atoms with Crippen LogP contribution < -0.4 is 9.47 Å². The zero-order valence-electron chi connectivity index (χ0n) is 19.8. The Hall–Kier alpha value is -4.03. The molecule has 1 fully saturated rings. The lowest BCUT2D eigenvalue weighted by molar-refractivity contribution is -0.122. The van der Waals surface area contributed by atoms with Gasteiger partial charge in [-0.15, -0.1) is 0 Å². The van der Waals surface area contributed by atoms with Crippen molar-refractivity contribution in [3.63, 3.8) is 0 Å². The minimum absolute atomic E-state index is 0.246. The van der Waals surface area contributed by atoms with Crippen LogP contribution >= 0.6 is 11.8 Å². The monoisotopic (exact) mass is 495 g/mol. The van der Waals surface area contributed by atoms with Gasteiger partial charge in [0.2, 0.25) is 0 Å². The largest absolute Gasteiger partial charge is 0.493 e. The average Bonchev–Trinajstić information content (AvgIpc) is 3.18. The third-order valence-corrected chi connectivity index (χ3v) is 6.94. The van der Waals surface area contributed by atoms with Crippen LogP contribution in [0.2, 0.25) is 0 Å².